The number of halogens is 3. The minimum Gasteiger partial charge on any atom is -0.350 e. The molecule has 186 valence electrons. The molecule has 0 aliphatic carbocycles. The van der Waals surface area contributed by atoms with E-state index >= 15 is 0 Å². The highest BCUT2D eigenvalue weighted by molar-refractivity contribution is 6.30. The Bertz CT molecular complexity index is 1400. The smallest absolute Gasteiger partial charge is 0.243 e. The van der Waals surface area contributed by atoms with Crippen LogP contribution in [0, 0.1) is 17.1 Å². The highest BCUT2D eigenvalue weighted by Gasteiger charge is 2.39. The Morgan fingerprint density at radius 2 is 2.03 bits per heavy atom. The summed E-state index contributed by atoms with van der Waals surface area (Å²) in [4.78, 5) is 39.4. The molecule has 2 heterocycles. The lowest BCUT2D eigenvalue weighted by atomic mass is 10.1. The Hall–Kier alpha value is -3.77. The van der Waals surface area contributed by atoms with Crippen molar-refractivity contribution < 1.29 is 23.2 Å². The third-order valence-corrected chi connectivity index (χ3v) is 6.56. The monoisotopic (exact) mass is 512 g/mol. The van der Waals surface area contributed by atoms with Gasteiger partial charge in [0.1, 0.15) is 24.6 Å². The molecular weight excluding hydrogens is 490 g/mol. The van der Waals surface area contributed by atoms with Crippen molar-refractivity contribution in [2.45, 2.75) is 45.1 Å². The number of Topliss-reactive ketones (excluding diaryl/α,β-unsaturated/α-hetero) is 1. The quantitative estimate of drug-likeness (QED) is 0.485. The number of nitrogens with zero attached hydrogens (tertiary/aromatic N) is 3. The molecule has 4 rings (SSSR count). The summed E-state index contributed by atoms with van der Waals surface area (Å²) in [5.41, 5.74) is 1.91. The second-order valence-corrected chi connectivity index (χ2v) is 9.15. The Kier molecular flexibility index (Phi) is 7.36. The van der Waals surface area contributed by atoms with Crippen LogP contribution in [0.4, 0.5) is 8.78 Å². The van der Waals surface area contributed by atoms with Gasteiger partial charge in [-0.2, -0.15) is 5.26 Å². The Labute approximate surface area is 211 Å². The van der Waals surface area contributed by atoms with Crippen molar-refractivity contribution >= 4 is 40.1 Å². The van der Waals surface area contributed by atoms with E-state index in [9.17, 15) is 23.2 Å². The standard InChI is InChI=1S/C26H23ClF2N4O3/c1-15(34)20-13-32(22-9-16(7-8-30)5-6-19(20)22)14-24(35)33-12-18(28)10-23(33)26(36)31-11-17-3-2-4-21(27)25(17)29/h2-6,9,13,18,23H,7,10-12,14H2,1H3,(H,31,36)/t18-,23+/m1/s1. The Morgan fingerprint density at radius 3 is 2.75 bits per heavy atom. The summed E-state index contributed by atoms with van der Waals surface area (Å²) in [5.74, 6) is -1.93. The Balaban J connectivity index is 1.54. The van der Waals surface area contributed by atoms with Gasteiger partial charge in [-0.15, -0.1) is 0 Å². The van der Waals surface area contributed by atoms with Crippen molar-refractivity contribution in [2.24, 2.45) is 0 Å². The zero-order valence-corrected chi connectivity index (χ0v) is 20.2. The number of alkyl halides is 1. The van der Waals surface area contributed by atoms with E-state index in [4.69, 9.17) is 16.9 Å². The Morgan fingerprint density at radius 1 is 1.25 bits per heavy atom. The second kappa shape index (κ2) is 10.5. The van der Waals surface area contributed by atoms with E-state index < -0.39 is 29.8 Å². The average Bonchev–Trinajstić information content (AvgIpc) is 3.41. The molecule has 3 aromatic rings. The van der Waals surface area contributed by atoms with Crippen LogP contribution in [-0.4, -0.2) is 45.8 Å². The summed E-state index contributed by atoms with van der Waals surface area (Å²) in [5, 5.41) is 12.2. The number of nitrogens with one attached hydrogen (secondary N) is 1. The molecule has 10 heteroatoms. The lowest BCUT2D eigenvalue weighted by molar-refractivity contribution is -0.139. The molecule has 1 aromatic heterocycles. The van der Waals surface area contributed by atoms with Gasteiger partial charge < -0.3 is 14.8 Å². The van der Waals surface area contributed by atoms with E-state index in [1.165, 1.54) is 24.0 Å². The number of nitriles is 1. The van der Waals surface area contributed by atoms with E-state index in [2.05, 4.69) is 11.4 Å². The number of amides is 2. The molecule has 1 aliphatic heterocycles. The zero-order chi connectivity index (χ0) is 26.0. The highest BCUT2D eigenvalue weighted by Crippen LogP contribution is 2.26. The van der Waals surface area contributed by atoms with Crippen LogP contribution >= 0.6 is 11.6 Å². The second-order valence-electron chi connectivity index (χ2n) is 8.74. The van der Waals surface area contributed by atoms with Crippen LogP contribution in [0.15, 0.2) is 42.6 Å². The number of ketones is 1. The molecule has 0 radical (unpaired) electrons. The van der Waals surface area contributed by atoms with Gasteiger partial charge in [-0.05, 0) is 24.6 Å². The fourth-order valence-electron chi connectivity index (χ4n) is 4.48. The van der Waals surface area contributed by atoms with Gasteiger partial charge in [-0.3, -0.25) is 14.4 Å². The SMILES string of the molecule is CC(=O)c1cn(CC(=O)N2C[C@H](F)C[C@H]2C(=O)NCc2cccc(Cl)c2F)c2cc(CC#N)ccc12. The lowest BCUT2D eigenvalue weighted by Crippen LogP contribution is -2.46. The van der Waals surface area contributed by atoms with Gasteiger partial charge in [0.05, 0.1) is 24.1 Å². The molecule has 2 aromatic carbocycles. The predicted molar refractivity (Wildman–Crippen MR) is 130 cm³/mol. The molecular formula is C26H23ClF2N4O3. The van der Waals surface area contributed by atoms with Gasteiger partial charge in [0.2, 0.25) is 11.8 Å². The topological polar surface area (TPSA) is 95.2 Å². The molecule has 0 bridgehead atoms. The molecule has 0 saturated carbocycles. The van der Waals surface area contributed by atoms with Gasteiger partial charge >= 0.3 is 0 Å². The van der Waals surface area contributed by atoms with Crippen molar-refractivity contribution in [3.63, 3.8) is 0 Å². The van der Waals surface area contributed by atoms with Crippen LogP contribution in [0.3, 0.4) is 0 Å². The third-order valence-electron chi connectivity index (χ3n) is 6.27. The van der Waals surface area contributed by atoms with Crippen LogP contribution < -0.4 is 5.32 Å². The lowest BCUT2D eigenvalue weighted by Gasteiger charge is -2.24. The number of carbonyl (C=O) groups is 3. The van der Waals surface area contributed by atoms with E-state index in [1.54, 1.807) is 35.0 Å². The maximum atomic E-state index is 14.3. The zero-order valence-electron chi connectivity index (χ0n) is 19.4. The van der Waals surface area contributed by atoms with Crippen LogP contribution in [0.25, 0.3) is 10.9 Å². The van der Waals surface area contributed by atoms with E-state index in [-0.39, 0.29) is 48.8 Å². The summed E-state index contributed by atoms with van der Waals surface area (Å²) in [6, 6.07) is 10.6. The number of fused-ring (bicyclic) bond motifs is 1. The van der Waals surface area contributed by atoms with Crippen LogP contribution in [0.5, 0.6) is 0 Å². The number of hydrogen-bond acceptors (Lipinski definition) is 4. The van der Waals surface area contributed by atoms with Gasteiger partial charge in [0.25, 0.3) is 0 Å². The van der Waals surface area contributed by atoms with Crippen LogP contribution in [0.1, 0.15) is 34.8 Å². The molecule has 7 nitrogen and oxygen atoms in total. The third kappa shape index (κ3) is 5.09. The molecule has 2 atom stereocenters. The normalized spacial score (nSPS) is 17.2. The molecule has 0 spiro atoms. The van der Waals surface area contributed by atoms with Crippen molar-refractivity contribution in [1.82, 2.24) is 14.8 Å². The number of likely N-dealkylation sites (tertiary alicyclic amines) is 1. The fourth-order valence-corrected chi connectivity index (χ4v) is 4.67. The van der Waals surface area contributed by atoms with Gasteiger partial charge in [0.15, 0.2) is 5.78 Å². The van der Waals surface area contributed by atoms with Gasteiger partial charge in [-0.25, -0.2) is 8.78 Å². The van der Waals surface area contributed by atoms with Crippen LogP contribution in [-0.2, 0) is 29.1 Å². The number of aromatic nitrogens is 1. The first kappa shape index (κ1) is 25.3. The first-order chi connectivity index (χ1) is 17.2. The summed E-state index contributed by atoms with van der Waals surface area (Å²) in [6.07, 6.45) is 0.160. The van der Waals surface area contributed by atoms with Crippen molar-refractivity contribution in [3.8, 4) is 6.07 Å². The van der Waals surface area contributed by atoms with E-state index in [0.717, 1.165) is 5.56 Å². The van der Waals surface area contributed by atoms with Crippen LogP contribution in [0.2, 0.25) is 5.02 Å². The maximum Gasteiger partial charge on any atom is 0.243 e. The summed E-state index contributed by atoms with van der Waals surface area (Å²) in [7, 11) is 0. The molecule has 1 N–H and O–H groups in total. The molecule has 0 unspecified atom stereocenters. The average molecular weight is 513 g/mol. The van der Waals surface area contributed by atoms with E-state index in [1.807, 2.05) is 0 Å². The fraction of sp³-hybridized carbons (Fsp3) is 0.308. The summed E-state index contributed by atoms with van der Waals surface area (Å²) < 4.78 is 30.1. The number of benzene rings is 2. The molecule has 1 aliphatic rings. The summed E-state index contributed by atoms with van der Waals surface area (Å²) in [6.45, 7) is 0.786. The number of carbonyl (C=O) groups excluding carboxylic acids is 3. The largest absolute Gasteiger partial charge is 0.350 e. The number of hydrogen-bond donors (Lipinski definition) is 1. The minimum atomic E-state index is -1.39. The van der Waals surface area contributed by atoms with Crippen molar-refractivity contribution in [2.75, 3.05) is 6.54 Å². The molecule has 36 heavy (non-hydrogen) atoms. The predicted octanol–water partition coefficient (Wildman–Crippen LogP) is 3.96. The number of rotatable bonds is 7. The van der Waals surface area contributed by atoms with Crippen molar-refractivity contribution in [1.29, 1.82) is 5.26 Å². The molecule has 1 saturated heterocycles. The summed E-state index contributed by atoms with van der Waals surface area (Å²) >= 11 is 5.78. The maximum absolute atomic E-state index is 14.3. The van der Waals surface area contributed by atoms with Gasteiger partial charge in [0, 0.05) is 41.2 Å². The molecule has 1 fully saturated rings. The molecule has 2 amide bonds. The first-order valence-corrected chi connectivity index (χ1v) is 11.7. The van der Waals surface area contributed by atoms with Gasteiger partial charge in [-0.1, -0.05) is 35.9 Å². The first-order valence-electron chi connectivity index (χ1n) is 11.3. The van der Waals surface area contributed by atoms with E-state index in [0.29, 0.717) is 16.5 Å². The van der Waals surface area contributed by atoms with Crippen molar-refractivity contribution in [3.05, 3.63) is 70.1 Å². The minimum absolute atomic E-state index is 0.0787. The highest BCUT2D eigenvalue weighted by atomic mass is 35.5.